The summed E-state index contributed by atoms with van der Waals surface area (Å²) < 4.78 is 23.8. The Labute approximate surface area is 498 Å². The maximum Gasteiger partial charge on any atom is 0.472 e. The van der Waals surface area contributed by atoms with Crippen LogP contribution in [-0.4, -0.2) is 73.4 Å². The first-order valence-corrected chi connectivity index (χ1v) is 36.2. The Morgan fingerprint density at radius 1 is 0.425 bits per heavy atom. The van der Waals surface area contributed by atoms with E-state index in [1.54, 1.807) is 6.08 Å². The molecular weight excluding hydrogens is 1010 g/mol. The van der Waals surface area contributed by atoms with Crippen LogP contribution in [0.15, 0.2) is 60.8 Å². The van der Waals surface area contributed by atoms with Crippen LogP contribution in [0.3, 0.4) is 0 Å². The number of carbonyl (C=O) groups excluding carboxylic acids is 1. The van der Waals surface area contributed by atoms with Gasteiger partial charge in [-0.2, -0.15) is 0 Å². The third-order valence-electron chi connectivity index (χ3n) is 15.7. The third-order valence-corrected chi connectivity index (χ3v) is 16.7. The van der Waals surface area contributed by atoms with Gasteiger partial charge in [-0.05, 0) is 77.0 Å². The Morgan fingerprint density at radius 3 is 1.07 bits per heavy atom. The maximum atomic E-state index is 13.0. The molecule has 0 rings (SSSR count). The molecule has 0 radical (unpaired) electrons. The van der Waals surface area contributed by atoms with E-state index in [0.717, 1.165) is 51.4 Å². The minimum Gasteiger partial charge on any atom is -0.387 e. The second-order valence-electron chi connectivity index (χ2n) is 24.9. The van der Waals surface area contributed by atoms with Crippen LogP contribution in [0, 0.1) is 0 Å². The minimum atomic E-state index is -4.37. The van der Waals surface area contributed by atoms with Crippen LogP contribution in [-0.2, 0) is 18.4 Å². The summed E-state index contributed by atoms with van der Waals surface area (Å²) >= 11 is 0. The Bertz CT molecular complexity index is 1490. The SMILES string of the molecule is CCCCCCC/C=C\C/C=C\CCCCCCCCCCCCCCCCCCCCCC(=O)NC(COP(=O)(O)OCC[N+](C)(C)C)C(O)/C=C/CC/C=C/CC/C=C/CCCCCCCCCCCCCCCCCCC. The number of quaternary nitrogens is 1. The summed E-state index contributed by atoms with van der Waals surface area (Å²) in [6.07, 6.45) is 85.2. The molecule has 470 valence electrons. The van der Waals surface area contributed by atoms with E-state index in [2.05, 4.69) is 67.8 Å². The van der Waals surface area contributed by atoms with E-state index in [1.807, 2.05) is 27.2 Å². The number of nitrogens with one attached hydrogen (secondary N) is 1. The van der Waals surface area contributed by atoms with E-state index in [1.165, 1.54) is 263 Å². The largest absolute Gasteiger partial charge is 0.472 e. The first-order chi connectivity index (χ1) is 39.0. The molecule has 0 aliphatic heterocycles. The number of unbranched alkanes of at least 4 members (excludes halogenated alkanes) is 43. The van der Waals surface area contributed by atoms with Gasteiger partial charge in [-0.3, -0.25) is 13.8 Å². The number of hydrogen-bond donors (Lipinski definition) is 3. The highest BCUT2D eigenvalue weighted by Crippen LogP contribution is 2.43. The van der Waals surface area contributed by atoms with Crippen molar-refractivity contribution in [1.82, 2.24) is 5.32 Å². The van der Waals surface area contributed by atoms with Gasteiger partial charge < -0.3 is 19.8 Å². The lowest BCUT2D eigenvalue weighted by Crippen LogP contribution is -2.45. The number of phosphoric ester groups is 1. The second kappa shape index (κ2) is 61.8. The zero-order valence-corrected chi connectivity index (χ0v) is 54.7. The lowest BCUT2D eigenvalue weighted by molar-refractivity contribution is -0.870. The van der Waals surface area contributed by atoms with Crippen molar-refractivity contribution in [2.75, 3.05) is 40.9 Å². The van der Waals surface area contributed by atoms with Gasteiger partial charge in [0.15, 0.2) is 0 Å². The zero-order valence-electron chi connectivity index (χ0n) is 53.8. The molecule has 0 saturated heterocycles. The van der Waals surface area contributed by atoms with Crippen LogP contribution in [0.2, 0.25) is 0 Å². The highest BCUT2D eigenvalue weighted by Gasteiger charge is 2.28. The standard InChI is InChI=1S/C71H135N2O6P/c1-6-8-10-12-14-16-18-20-22-24-26-28-30-32-34-35-36-37-39-41-43-45-47-49-51-53-55-57-59-61-63-65-71(75)72-69(68-79-80(76,77)78-67-66-73(3,4)5)70(74)64-62-60-58-56-54-52-50-48-46-44-42-40-38-33-31-29-27-25-23-21-19-17-15-13-11-9-7-2/h18,20,24,26,46,48,54,56,62,64,69-70,74H,6-17,19,21-23,25,27-45,47,49-53,55,57-61,63,65-68H2,1-5H3,(H-,72,75,76,77)/p+1/b20-18-,26-24-,48-46+,56-54+,64-62+. The zero-order chi connectivity index (χ0) is 58.4. The van der Waals surface area contributed by atoms with Gasteiger partial charge in [0.05, 0.1) is 39.9 Å². The molecule has 0 fully saturated rings. The summed E-state index contributed by atoms with van der Waals surface area (Å²) in [5.41, 5.74) is 0. The molecule has 0 aromatic heterocycles. The van der Waals surface area contributed by atoms with Crippen molar-refractivity contribution in [2.45, 2.75) is 347 Å². The van der Waals surface area contributed by atoms with Crippen molar-refractivity contribution in [3.8, 4) is 0 Å². The van der Waals surface area contributed by atoms with Crippen LogP contribution in [0.4, 0.5) is 0 Å². The van der Waals surface area contributed by atoms with Gasteiger partial charge in [0, 0.05) is 6.42 Å². The fraction of sp³-hybridized carbons (Fsp3) is 0.845. The smallest absolute Gasteiger partial charge is 0.387 e. The minimum absolute atomic E-state index is 0.0535. The molecule has 3 unspecified atom stereocenters. The van der Waals surface area contributed by atoms with E-state index >= 15 is 0 Å². The van der Waals surface area contributed by atoms with Crippen molar-refractivity contribution >= 4 is 13.7 Å². The predicted octanol–water partition coefficient (Wildman–Crippen LogP) is 22.0. The summed E-state index contributed by atoms with van der Waals surface area (Å²) in [4.78, 5) is 23.4. The molecule has 3 N–H and O–H groups in total. The molecule has 9 heteroatoms. The normalized spacial score (nSPS) is 14.0. The number of likely N-dealkylation sites (N-methyl/N-ethyl adjacent to an activating group) is 1. The van der Waals surface area contributed by atoms with Gasteiger partial charge in [-0.15, -0.1) is 0 Å². The number of allylic oxidation sites excluding steroid dienone is 9. The summed E-state index contributed by atoms with van der Waals surface area (Å²) in [6.45, 7) is 4.82. The number of carbonyl (C=O) groups is 1. The predicted molar refractivity (Wildman–Crippen MR) is 350 cm³/mol. The first kappa shape index (κ1) is 78.2. The average Bonchev–Trinajstić information content (AvgIpc) is 3.42. The molecule has 8 nitrogen and oxygen atoms in total. The molecule has 0 aliphatic rings. The van der Waals surface area contributed by atoms with Crippen molar-refractivity contribution in [3.05, 3.63) is 60.8 Å². The topological polar surface area (TPSA) is 105 Å². The van der Waals surface area contributed by atoms with Gasteiger partial charge in [-0.25, -0.2) is 4.57 Å². The van der Waals surface area contributed by atoms with Crippen LogP contribution in [0.25, 0.3) is 0 Å². The second-order valence-corrected chi connectivity index (χ2v) is 26.3. The highest BCUT2D eigenvalue weighted by atomic mass is 31.2. The number of aliphatic hydroxyl groups is 1. The summed E-state index contributed by atoms with van der Waals surface area (Å²) in [5.74, 6) is -0.186. The van der Waals surface area contributed by atoms with E-state index in [0.29, 0.717) is 17.4 Å². The van der Waals surface area contributed by atoms with Gasteiger partial charge in [0.25, 0.3) is 0 Å². The third kappa shape index (κ3) is 63.8. The molecule has 3 atom stereocenters. The van der Waals surface area contributed by atoms with Crippen molar-refractivity contribution < 1.29 is 32.9 Å². The van der Waals surface area contributed by atoms with Crippen LogP contribution in [0.5, 0.6) is 0 Å². The van der Waals surface area contributed by atoms with E-state index in [4.69, 9.17) is 9.05 Å². The van der Waals surface area contributed by atoms with Crippen molar-refractivity contribution in [3.63, 3.8) is 0 Å². The number of aliphatic hydroxyl groups excluding tert-OH is 1. The lowest BCUT2D eigenvalue weighted by atomic mass is 10.0. The number of nitrogens with zero attached hydrogens (tertiary/aromatic N) is 1. The van der Waals surface area contributed by atoms with E-state index in [9.17, 15) is 19.4 Å². The molecule has 0 heterocycles. The van der Waals surface area contributed by atoms with E-state index < -0.39 is 20.0 Å². The highest BCUT2D eigenvalue weighted by molar-refractivity contribution is 7.47. The Hall–Kier alpha value is -1.80. The summed E-state index contributed by atoms with van der Waals surface area (Å²) in [7, 11) is 1.56. The van der Waals surface area contributed by atoms with Crippen molar-refractivity contribution in [2.24, 2.45) is 0 Å². The molecule has 0 spiro atoms. The molecule has 0 saturated carbocycles. The average molecular weight is 1140 g/mol. The first-order valence-electron chi connectivity index (χ1n) is 34.7. The van der Waals surface area contributed by atoms with Gasteiger partial charge in [-0.1, -0.05) is 312 Å². The lowest BCUT2D eigenvalue weighted by Gasteiger charge is -2.25. The number of amides is 1. The van der Waals surface area contributed by atoms with Gasteiger partial charge in [0.2, 0.25) is 5.91 Å². The Morgan fingerprint density at radius 2 is 0.725 bits per heavy atom. The summed E-state index contributed by atoms with van der Waals surface area (Å²) in [6, 6.07) is -0.872. The van der Waals surface area contributed by atoms with E-state index in [-0.39, 0.29) is 19.1 Å². The van der Waals surface area contributed by atoms with Crippen LogP contribution in [0.1, 0.15) is 335 Å². The molecule has 1 amide bonds. The number of phosphoric acid groups is 1. The van der Waals surface area contributed by atoms with Gasteiger partial charge in [0.1, 0.15) is 13.2 Å². The molecule has 0 aliphatic carbocycles. The quantitative estimate of drug-likeness (QED) is 0.0243. The fourth-order valence-electron chi connectivity index (χ4n) is 10.3. The molecular formula is C71H136N2O6P+. The van der Waals surface area contributed by atoms with Crippen LogP contribution < -0.4 is 5.32 Å². The summed E-state index contributed by atoms with van der Waals surface area (Å²) in [5, 5.41) is 14.0. The number of hydrogen-bond acceptors (Lipinski definition) is 5. The molecule has 80 heavy (non-hydrogen) atoms. The Balaban J connectivity index is 4.12. The maximum absolute atomic E-state index is 13.0. The fourth-order valence-corrected chi connectivity index (χ4v) is 11.0. The molecule has 0 aromatic carbocycles. The number of rotatable bonds is 64. The van der Waals surface area contributed by atoms with Crippen LogP contribution >= 0.6 is 7.82 Å². The monoisotopic (exact) mass is 1140 g/mol. The molecule has 0 aromatic rings. The molecule has 0 bridgehead atoms. The van der Waals surface area contributed by atoms with Crippen molar-refractivity contribution in [1.29, 1.82) is 0 Å². The Kier molecular flexibility index (Phi) is 60.4. The van der Waals surface area contributed by atoms with Gasteiger partial charge >= 0.3 is 7.82 Å².